The zero-order chi connectivity index (χ0) is 11.5. The van der Waals surface area contributed by atoms with Crippen molar-refractivity contribution in [1.82, 2.24) is 0 Å². The Bertz CT molecular complexity index is 339. The van der Waals surface area contributed by atoms with E-state index in [1.54, 1.807) is 53.8 Å². The molecule has 3 nitrogen and oxygen atoms in total. The predicted molar refractivity (Wildman–Crippen MR) is 66.1 cm³/mol. The molecule has 0 bridgehead atoms. The number of benzene rings is 1. The van der Waals surface area contributed by atoms with Crippen molar-refractivity contribution in [3.05, 3.63) is 35.9 Å². The van der Waals surface area contributed by atoms with Gasteiger partial charge in [0.05, 0.1) is 0 Å². The van der Waals surface area contributed by atoms with Gasteiger partial charge in [-0.1, -0.05) is 59.8 Å². The van der Waals surface area contributed by atoms with Crippen LogP contribution in [0.3, 0.4) is 0 Å². The summed E-state index contributed by atoms with van der Waals surface area (Å²) < 4.78 is -0.845. The SMILES string of the molecule is CC[C@@](O)(c1ccccc1)[C@@H](I)C(=O)O. The second kappa shape index (κ2) is 4.94. The quantitative estimate of drug-likeness (QED) is 0.660. The molecule has 0 saturated heterocycles. The summed E-state index contributed by atoms with van der Waals surface area (Å²) in [6.07, 6.45) is 0.372. The van der Waals surface area contributed by atoms with Gasteiger partial charge in [0, 0.05) is 0 Å². The first-order valence-corrected chi connectivity index (χ1v) is 5.91. The van der Waals surface area contributed by atoms with Crippen molar-refractivity contribution in [2.75, 3.05) is 0 Å². The molecule has 0 heterocycles. The number of alkyl halides is 1. The van der Waals surface area contributed by atoms with Crippen LogP contribution in [0.2, 0.25) is 0 Å². The Morgan fingerprint density at radius 3 is 2.40 bits per heavy atom. The molecule has 82 valence electrons. The smallest absolute Gasteiger partial charge is 0.319 e. The fourth-order valence-corrected chi connectivity index (χ4v) is 2.26. The monoisotopic (exact) mass is 320 g/mol. The van der Waals surface area contributed by atoms with Crippen LogP contribution >= 0.6 is 22.6 Å². The highest BCUT2D eigenvalue weighted by atomic mass is 127. The molecule has 1 rings (SSSR count). The third kappa shape index (κ3) is 2.49. The summed E-state index contributed by atoms with van der Waals surface area (Å²) in [6, 6.07) is 8.92. The molecular weight excluding hydrogens is 307 g/mol. The molecule has 0 aromatic heterocycles. The van der Waals surface area contributed by atoms with E-state index in [2.05, 4.69) is 0 Å². The lowest BCUT2D eigenvalue weighted by atomic mass is 9.88. The van der Waals surface area contributed by atoms with Crippen LogP contribution in [0, 0.1) is 0 Å². The lowest BCUT2D eigenvalue weighted by Crippen LogP contribution is -2.40. The van der Waals surface area contributed by atoms with Crippen molar-refractivity contribution >= 4 is 28.6 Å². The maximum Gasteiger partial charge on any atom is 0.319 e. The molecular formula is C11H13IO3. The van der Waals surface area contributed by atoms with Crippen LogP contribution in [0.5, 0.6) is 0 Å². The van der Waals surface area contributed by atoms with Crippen LogP contribution in [0.4, 0.5) is 0 Å². The molecule has 4 heteroatoms. The van der Waals surface area contributed by atoms with Gasteiger partial charge >= 0.3 is 5.97 Å². The highest BCUT2D eigenvalue weighted by molar-refractivity contribution is 14.1. The van der Waals surface area contributed by atoms with E-state index < -0.39 is 15.5 Å². The number of hydrogen-bond donors (Lipinski definition) is 2. The lowest BCUT2D eigenvalue weighted by molar-refractivity contribution is -0.141. The maximum absolute atomic E-state index is 10.9. The molecule has 0 spiro atoms. The summed E-state index contributed by atoms with van der Waals surface area (Å²) in [6.45, 7) is 1.78. The van der Waals surface area contributed by atoms with Crippen molar-refractivity contribution in [2.45, 2.75) is 22.9 Å². The molecule has 0 aliphatic heterocycles. The van der Waals surface area contributed by atoms with Gasteiger partial charge in [-0.3, -0.25) is 4.79 Å². The third-order valence-electron chi connectivity index (χ3n) is 2.45. The van der Waals surface area contributed by atoms with Crippen molar-refractivity contribution in [2.24, 2.45) is 0 Å². The minimum Gasteiger partial charge on any atom is -0.480 e. The topological polar surface area (TPSA) is 57.5 Å². The number of rotatable bonds is 4. The van der Waals surface area contributed by atoms with Gasteiger partial charge in [-0.25, -0.2) is 0 Å². The Hall–Kier alpha value is -0.620. The molecule has 0 unspecified atom stereocenters. The maximum atomic E-state index is 10.9. The van der Waals surface area contributed by atoms with E-state index >= 15 is 0 Å². The van der Waals surface area contributed by atoms with E-state index in [4.69, 9.17) is 5.11 Å². The van der Waals surface area contributed by atoms with Gasteiger partial charge < -0.3 is 10.2 Å². The molecule has 0 fully saturated rings. The van der Waals surface area contributed by atoms with Gasteiger partial charge in [0.25, 0.3) is 0 Å². The highest BCUT2D eigenvalue weighted by Crippen LogP contribution is 2.33. The first-order chi connectivity index (χ1) is 7.02. The van der Waals surface area contributed by atoms with Gasteiger partial charge in [-0.15, -0.1) is 0 Å². The van der Waals surface area contributed by atoms with E-state index in [0.29, 0.717) is 12.0 Å². The number of carboxylic acid groups (broad SMARTS) is 1. The van der Waals surface area contributed by atoms with Crippen molar-refractivity contribution in [3.63, 3.8) is 0 Å². The van der Waals surface area contributed by atoms with E-state index in [1.807, 2.05) is 6.07 Å². The second-order valence-corrected chi connectivity index (χ2v) is 4.59. The van der Waals surface area contributed by atoms with Gasteiger partial charge in [-0.2, -0.15) is 0 Å². The van der Waals surface area contributed by atoms with E-state index in [0.717, 1.165) is 0 Å². The third-order valence-corrected chi connectivity index (χ3v) is 4.01. The Morgan fingerprint density at radius 1 is 1.47 bits per heavy atom. The van der Waals surface area contributed by atoms with Crippen LogP contribution in [-0.2, 0) is 10.4 Å². The van der Waals surface area contributed by atoms with E-state index in [9.17, 15) is 9.90 Å². The zero-order valence-corrected chi connectivity index (χ0v) is 10.5. The number of carbonyl (C=O) groups is 1. The normalized spacial score (nSPS) is 16.7. The second-order valence-electron chi connectivity index (χ2n) is 3.34. The van der Waals surface area contributed by atoms with Crippen molar-refractivity contribution < 1.29 is 15.0 Å². The summed E-state index contributed by atoms with van der Waals surface area (Å²) in [7, 11) is 0. The number of halogens is 1. The first kappa shape index (κ1) is 12.4. The molecule has 0 aliphatic rings. The molecule has 2 atom stereocenters. The van der Waals surface area contributed by atoms with Crippen molar-refractivity contribution in [1.29, 1.82) is 0 Å². The van der Waals surface area contributed by atoms with Crippen LogP contribution in [0.25, 0.3) is 0 Å². The number of aliphatic carboxylic acids is 1. The summed E-state index contributed by atoms with van der Waals surface area (Å²) in [4.78, 5) is 10.9. The van der Waals surface area contributed by atoms with E-state index in [1.165, 1.54) is 0 Å². The van der Waals surface area contributed by atoms with Crippen LogP contribution in [0.15, 0.2) is 30.3 Å². The highest BCUT2D eigenvalue weighted by Gasteiger charge is 2.39. The van der Waals surface area contributed by atoms with Gasteiger partial charge in [0.15, 0.2) is 0 Å². The summed E-state index contributed by atoms with van der Waals surface area (Å²) in [5, 5.41) is 19.3. The Kier molecular flexibility index (Phi) is 4.10. The number of hydrogen-bond acceptors (Lipinski definition) is 2. The number of aliphatic hydroxyl groups is 1. The van der Waals surface area contributed by atoms with Crippen molar-refractivity contribution in [3.8, 4) is 0 Å². The fourth-order valence-electron chi connectivity index (χ4n) is 1.46. The summed E-state index contributed by atoms with van der Waals surface area (Å²) >= 11 is 1.76. The Balaban J connectivity index is 3.11. The van der Waals surface area contributed by atoms with Crippen LogP contribution < -0.4 is 0 Å². The summed E-state index contributed by atoms with van der Waals surface area (Å²) in [5.74, 6) is -0.996. The Morgan fingerprint density at radius 2 is 2.00 bits per heavy atom. The van der Waals surface area contributed by atoms with Gasteiger partial charge in [0.1, 0.15) is 9.53 Å². The predicted octanol–water partition coefficient (Wildman–Crippen LogP) is 2.17. The van der Waals surface area contributed by atoms with Gasteiger partial charge in [0.2, 0.25) is 0 Å². The minimum atomic E-state index is -1.30. The Labute approximate surface area is 102 Å². The zero-order valence-electron chi connectivity index (χ0n) is 8.35. The van der Waals surface area contributed by atoms with E-state index in [-0.39, 0.29) is 0 Å². The summed E-state index contributed by atoms with van der Waals surface area (Å²) in [5.41, 5.74) is -0.650. The molecule has 1 aromatic carbocycles. The molecule has 0 amide bonds. The molecule has 2 N–H and O–H groups in total. The average molecular weight is 320 g/mol. The molecule has 0 radical (unpaired) electrons. The van der Waals surface area contributed by atoms with Crippen LogP contribution in [-0.4, -0.2) is 20.1 Å². The lowest BCUT2D eigenvalue weighted by Gasteiger charge is -2.29. The molecule has 0 aliphatic carbocycles. The van der Waals surface area contributed by atoms with Crippen LogP contribution in [0.1, 0.15) is 18.9 Å². The minimum absolute atomic E-state index is 0.372. The first-order valence-electron chi connectivity index (χ1n) is 4.67. The fraction of sp³-hybridized carbons (Fsp3) is 0.364. The largest absolute Gasteiger partial charge is 0.480 e. The standard InChI is InChI=1S/C11H13IO3/c1-2-11(15,9(12)10(13)14)8-6-4-3-5-7-8/h3-7,9,15H,2H2,1H3,(H,13,14)/t9-,11+/m0/s1. The molecule has 1 aromatic rings. The molecule has 15 heavy (non-hydrogen) atoms. The average Bonchev–Trinajstić information content (AvgIpc) is 2.28. The van der Waals surface area contributed by atoms with Gasteiger partial charge in [-0.05, 0) is 12.0 Å². The molecule has 0 saturated carbocycles. The number of carboxylic acids is 1.